The van der Waals surface area contributed by atoms with E-state index in [1.54, 1.807) is 0 Å². The summed E-state index contributed by atoms with van der Waals surface area (Å²) in [5, 5.41) is 20.1. The Morgan fingerprint density at radius 2 is 2.20 bits per heavy atom. The summed E-state index contributed by atoms with van der Waals surface area (Å²) in [5.74, 6) is -1.34. The van der Waals surface area contributed by atoms with Gasteiger partial charge in [0, 0.05) is 13.0 Å². The van der Waals surface area contributed by atoms with Gasteiger partial charge in [0.05, 0.1) is 0 Å². The van der Waals surface area contributed by atoms with Gasteiger partial charge in [0.15, 0.2) is 11.5 Å². The monoisotopic (exact) mass is 213 g/mol. The van der Waals surface area contributed by atoms with E-state index in [1.165, 1.54) is 0 Å². The molecule has 0 bridgehead atoms. The van der Waals surface area contributed by atoms with Crippen LogP contribution >= 0.6 is 0 Å². The van der Waals surface area contributed by atoms with Crippen LogP contribution in [0.25, 0.3) is 0 Å². The Kier molecular flexibility index (Phi) is 3.61. The van der Waals surface area contributed by atoms with E-state index in [-0.39, 0.29) is 24.5 Å². The summed E-state index contributed by atoms with van der Waals surface area (Å²) >= 11 is 0. The third kappa shape index (κ3) is 3.25. The van der Waals surface area contributed by atoms with Crippen molar-refractivity contribution in [2.24, 2.45) is 0 Å². The van der Waals surface area contributed by atoms with E-state index in [2.05, 4.69) is 20.7 Å². The van der Waals surface area contributed by atoms with Crippen molar-refractivity contribution in [1.82, 2.24) is 20.7 Å². The van der Waals surface area contributed by atoms with Gasteiger partial charge < -0.3 is 16.2 Å². The van der Waals surface area contributed by atoms with Crippen molar-refractivity contribution < 1.29 is 14.7 Å². The summed E-state index contributed by atoms with van der Waals surface area (Å²) < 4.78 is 0. The molecule has 0 aliphatic rings. The number of aliphatic carboxylic acids is 1. The van der Waals surface area contributed by atoms with Gasteiger partial charge in [0.25, 0.3) is 5.91 Å². The predicted molar refractivity (Wildman–Crippen MR) is 50.0 cm³/mol. The number of carboxylic acid groups (broad SMARTS) is 1. The maximum atomic E-state index is 11.3. The van der Waals surface area contributed by atoms with Gasteiger partial charge in [-0.3, -0.25) is 9.59 Å². The van der Waals surface area contributed by atoms with Gasteiger partial charge in [-0.25, -0.2) is 0 Å². The number of nitrogens with zero attached hydrogens (tertiary/aromatic N) is 2. The zero-order valence-electron chi connectivity index (χ0n) is 7.86. The minimum Gasteiger partial charge on any atom is -0.481 e. The minimum atomic E-state index is -0.898. The number of hydrogen-bond acceptors (Lipinski definition) is 5. The first-order valence-electron chi connectivity index (χ1n) is 4.27. The lowest BCUT2D eigenvalue weighted by molar-refractivity contribution is -0.137. The van der Waals surface area contributed by atoms with E-state index in [9.17, 15) is 9.59 Å². The average Bonchev–Trinajstić information content (AvgIpc) is 2.58. The molecule has 0 atom stereocenters. The summed E-state index contributed by atoms with van der Waals surface area (Å²) in [7, 11) is 0. The maximum Gasteiger partial charge on any atom is 0.303 e. The number of H-pyrrole nitrogens is 1. The number of aromatic amines is 1. The number of carbonyl (C=O) groups excluding carboxylic acids is 1. The van der Waals surface area contributed by atoms with Crippen LogP contribution in [0.15, 0.2) is 0 Å². The molecule has 0 aliphatic heterocycles. The number of nitrogens with two attached hydrogens (primary N) is 1. The molecule has 0 radical (unpaired) electrons. The molecule has 8 heteroatoms. The Morgan fingerprint density at radius 1 is 1.47 bits per heavy atom. The van der Waals surface area contributed by atoms with Crippen LogP contribution in [0.2, 0.25) is 0 Å². The molecule has 5 N–H and O–H groups in total. The average molecular weight is 213 g/mol. The largest absolute Gasteiger partial charge is 0.481 e. The molecule has 82 valence electrons. The van der Waals surface area contributed by atoms with Crippen LogP contribution in [-0.4, -0.2) is 38.9 Å². The zero-order valence-corrected chi connectivity index (χ0v) is 7.86. The van der Waals surface area contributed by atoms with Crippen molar-refractivity contribution in [3.63, 3.8) is 0 Å². The van der Waals surface area contributed by atoms with E-state index in [0.717, 1.165) is 0 Å². The van der Waals surface area contributed by atoms with Gasteiger partial charge >= 0.3 is 5.97 Å². The molecule has 8 nitrogen and oxygen atoms in total. The first-order valence-corrected chi connectivity index (χ1v) is 4.27. The summed E-state index contributed by atoms with van der Waals surface area (Å²) in [4.78, 5) is 21.5. The van der Waals surface area contributed by atoms with Crippen LogP contribution < -0.4 is 11.1 Å². The van der Waals surface area contributed by atoms with Gasteiger partial charge in [-0.05, 0) is 6.42 Å². The highest BCUT2D eigenvalue weighted by atomic mass is 16.4. The molecule has 1 heterocycles. The number of aromatic nitrogens is 3. The highest BCUT2D eigenvalue weighted by Gasteiger charge is 2.12. The molecule has 0 fully saturated rings. The molecular weight excluding hydrogens is 202 g/mol. The predicted octanol–water partition coefficient (Wildman–Crippen LogP) is -1.02. The number of anilines is 1. The minimum absolute atomic E-state index is 0.00851. The second-order valence-electron chi connectivity index (χ2n) is 2.81. The SMILES string of the molecule is Nc1n[nH]nc1C(=O)NCCCC(=O)O. The number of hydrogen-bond donors (Lipinski definition) is 4. The lowest BCUT2D eigenvalue weighted by atomic mass is 10.3. The van der Waals surface area contributed by atoms with E-state index < -0.39 is 11.9 Å². The molecule has 1 aromatic heterocycles. The highest BCUT2D eigenvalue weighted by Crippen LogP contribution is 2.01. The van der Waals surface area contributed by atoms with E-state index >= 15 is 0 Å². The third-order valence-electron chi connectivity index (χ3n) is 1.64. The number of amides is 1. The number of rotatable bonds is 5. The molecule has 0 saturated carbocycles. The molecule has 0 unspecified atom stereocenters. The summed E-state index contributed by atoms with van der Waals surface area (Å²) in [6.07, 6.45) is 0.368. The van der Waals surface area contributed by atoms with Crippen LogP contribution in [0.4, 0.5) is 5.82 Å². The Hall–Kier alpha value is -2.12. The van der Waals surface area contributed by atoms with Crippen molar-refractivity contribution in [3.05, 3.63) is 5.69 Å². The fourth-order valence-corrected chi connectivity index (χ4v) is 0.931. The van der Waals surface area contributed by atoms with E-state index in [1.807, 2.05) is 0 Å². The van der Waals surface area contributed by atoms with Crippen LogP contribution in [0.3, 0.4) is 0 Å². The Morgan fingerprint density at radius 3 is 2.73 bits per heavy atom. The number of nitrogens with one attached hydrogen (secondary N) is 2. The van der Waals surface area contributed by atoms with Crippen LogP contribution in [0.1, 0.15) is 23.3 Å². The van der Waals surface area contributed by atoms with Crippen molar-refractivity contribution in [1.29, 1.82) is 0 Å². The van der Waals surface area contributed by atoms with Gasteiger partial charge in [0.1, 0.15) is 0 Å². The molecular formula is C7H11N5O3. The molecule has 15 heavy (non-hydrogen) atoms. The fourth-order valence-electron chi connectivity index (χ4n) is 0.931. The molecule has 0 spiro atoms. The van der Waals surface area contributed by atoms with Gasteiger partial charge in [0.2, 0.25) is 0 Å². The number of carboxylic acids is 1. The third-order valence-corrected chi connectivity index (χ3v) is 1.64. The van der Waals surface area contributed by atoms with Crippen LogP contribution in [0, 0.1) is 0 Å². The normalized spacial score (nSPS) is 9.87. The molecule has 1 aromatic rings. The molecule has 0 aliphatic carbocycles. The summed E-state index contributed by atoms with van der Waals surface area (Å²) in [6, 6.07) is 0. The topological polar surface area (TPSA) is 134 Å². The Bertz CT molecular complexity index is 361. The molecule has 0 saturated heterocycles. The van der Waals surface area contributed by atoms with Crippen LogP contribution in [0.5, 0.6) is 0 Å². The second-order valence-corrected chi connectivity index (χ2v) is 2.81. The van der Waals surface area contributed by atoms with Gasteiger partial charge in [-0.1, -0.05) is 0 Å². The van der Waals surface area contributed by atoms with Gasteiger partial charge in [-0.15, -0.1) is 10.2 Å². The van der Waals surface area contributed by atoms with Gasteiger partial charge in [-0.2, -0.15) is 5.21 Å². The van der Waals surface area contributed by atoms with E-state index in [0.29, 0.717) is 6.42 Å². The summed E-state index contributed by atoms with van der Waals surface area (Å²) in [5.41, 5.74) is 5.35. The second kappa shape index (κ2) is 4.94. The number of carbonyl (C=O) groups is 2. The van der Waals surface area contributed by atoms with Crippen molar-refractivity contribution >= 4 is 17.7 Å². The molecule has 0 aromatic carbocycles. The Balaban J connectivity index is 2.31. The Labute approximate surface area is 84.8 Å². The smallest absolute Gasteiger partial charge is 0.303 e. The number of nitrogen functional groups attached to an aromatic ring is 1. The highest BCUT2D eigenvalue weighted by molar-refractivity contribution is 5.96. The zero-order chi connectivity index (χ0) is 11.3. The summed E-state index contributed by atoms with van der Waals surface area (Å²) in [6.45, 7) is 0.261. The lowest BCUT2D eigenvalue weighted by Gasteiger charge is -2.00. The lowest BCUT2D eigenvalue weighted by Crippen LogP contribution is -2.26. The fraction of sp³-hybridized carbons (Fsp3) is 0.429. The van der Waals surface area contributed by atoms with Crippen molar-refractivity contribution in [3.8, 4) is 0 Å². The van der Waals surface area contributed by atoms with Crippen molar-refractivity contribution in [2.75, 3.05) is 12.3 Å². The molecule has 1 amide bonds. The quantitative estimate of drug-likeness (QED) is 0.462. The first kappa shape index (κ1) is 11.0. The standard InChI is InChI=1S/C7H11N5O3/c8-6-5(10-12-11-6)7(15)9-3-1-2-4(13)14/h1-3H2,(H,9,15)(H,13,14)(H3,8,10,11,12). The first-order chi connectivity index (χ1) is 7.11. The molecule has 1 rings (SSSR count). The maximum absolute atomic E-state index is 11.3. The van der Waals surface area contributed by atoms with Crippen molar-refractivity contribution in [2.45, 2.75) is 12.8 Å². The van der Waals surface area contributed by atoms with Crippen LogP contribution in [-0.2, 0) is 4.79 Å². The van der Waals surface area contributed by atoms with E-state index in [4.69, 9.17) is 10.8 Å².